The Bertz CT molecular complexity index is 774. The molecule has 0 saturated heterocycles. The Hall–Kier alpha value is -1.55. The minimum atomic E-state index is -0.0231. The van der Waals surface area contributed by atoms with Gasteiger partial charge in [0.15, 0.2) is 0 Å². The molecule has 1 aliphatic rings. The van der Waals surface area contributed by atoms with E-state index in [0.717, 1.165) is 0 Å². The second-order valence-corrected chi connectivity index (χ2v) is 6.58. The van der Waals surface area contributed by atoms with Crippen molar-refractivity contribution in [3.8, 4) is 11.1 Å². The molecule has 2 heteroatoms. The van der Waals surface area contributed by atoms with Crippen LogP contribution in [0.1, 0.15) is 0 Å². The molecule has 0 saturated carbocycles. The van der Waals surface area contributed by atoms with Crippen LogP contribution in [0.15, 0.2) is 60.7 Å². The van der Waals surface area contributed by atoms with E-state index in [-0.39, 0.29) is 21.5 Å². The first-order valence-corrected chi connectivity index (χ1v) is 9.43. The Morgan fingerprint density at radius 2 is 1.42 bits per heavy atom. The summed E-state index contributed by atoms with van der Waals surface area (Å²) < 4.78 is 2.52. The zero-order valence-corrected chi connectivity index (χ0v) is 12.8. The molecule has 3 aromatic carbocycles. The van der Waals surface area contributed by atoms with Gasteiger partial charge in [0.1, 0.15) is 0 Å². The van der Waals surface area contributed by atoms with E-state index in [1.165, 1.54) is 33.3 Å². The summed E-state index contributed by atoms with van der Waals surface area (Å²) in [7, 11) is 0. The molecular weight excluding hydrogens is 345 g/mol. The Labute approximate surface area is 123 Å². The molecule has 0 N–H and O–H groups in total. The van der Waals surface area contributed by atoms with E-state index in [1.54, 1.807) is 0 Å². The van der Waals surface area contributed by atoms with Gasteiger partial charge in [0, 0.05) is 0 Å². The maximum atomic E-state index is 2.52. The molecule has 0 spiro atoms. The summed E-state index contributed by atoms with van der Waals surface area (Å²) in [6, 6.07) is 22.0. The van der Waals surface area contributed by atoms with Crippen LogP contribution >= 0.6 is 0 Å². The summed E-state index contributed by atoms with van der Waals surface area (Å²) in [5, 5.41) is 2.75. The van der Waals surface area contributed by atoms with Crippen molar-refractivity contribution in [1.82, 2.24) is 0 Å². The van der Waals surface area contributed by atoms with Crippen molar-refractivity contribution in [3.05, 3.63) is 60.7 Å². The van der Waals surface area contributed by atoms with Crippen LogP contribution in [0.25, 0.3) is 21.9 Å². The van der Waals surface area contributed by atoms with Crippen molar-refractivity contribution in [2.75, 3.05) is 8.04 Å². The van der Waals surface area contributed by atoms with E-state index in [2.05, 4.69) is 68.7 Å². The van der Waals surface area contributed by atoms with Crippen molar-refractivity contribution in [2.45, 2.75) is 0 Å². The molecule has 19 heavy (non-hydrogen) atoms. The standard InChI is InChI=1S/C17H13IN/c1-18-19-15-10-3-2-8-13(15)14-9-4-6-12-7-5-11-16(19)17(12)14/h2-11H,1H3/q-1. The van der Waals surface area contributed by atoms with E-state index in [9.17, 15) is 0 Å². The van der Waals surface area contributed by atoms with E-state index < -0.39 is 0 Å². The van der Waals surface area contributed by atoms with Gasteiger partial charge >= 0.3 is 123 Å². The number of rotatable bonds is 1. The zero-order valence-electron chi connectivity index (χ0n) is 10.6. The SMILES string of the molecule is C[I-]N1c2ccccc2-c2cccc3cccc1c23. The second-order valence-electron chi connectivity index (χ2n) is 4.65. The average Bonchev–Trinajstić information content (AvgIpc) is 2.48. The molecular formula is C17H13IN-. The van der Waals surface area contributed by atoms with E-state index >= 15 is 0 Å². The molecule has 1 heterocycles. The molecule has 0 radical (unpaired) electrons. The fourth-order valence-corrected chi connectivity index (χ4v) is 4.76. The van der Waals surface area contributed by atoms with Gasteiger partial charge in [0.05, 0.1) is 0 Å². The van der Waals surface area contributed by atoms with Crippen molar-refractivity contribution >= 4 is 22.1 Å². The Balaban J connectivity index is 2.21. The zero-order chi connectivity index (χ0) is 12.8. The van der Waals surface area contributed by atoms with Crippen LogP contribution in [0.3, 0.4) is 0 Å². The van der Waals surface area contributed by atoms with Gasteiger partial charge in [-0.1, -0.05) is 0 Å². The van der Waals surface area contributed by atoms with Gasteiger partial charge in [0.25, 0.3) is 0 Å². The number of nitrogens with zero attached hydrogens (tertiary/aromatic N) is 1. The quantitative estimate of drug-likeness (QED) is 0.363. The van der Waals surface area contributed by atoms with Crippen LogP contribution in [0.2, 0.25) is 0 Å². The Kier molecular flexibility index (Phi) is 2.52. The molecule has 0 aromatic heterocycles. The Morgan fingerprint density at radius 1 is 0.737 bits per heavy atom. The molecule has 1 aliphatic heterocycles. The van der Waals surface area contributed by atoms with Gasteiger partial charge in [-0.05, 0) is 0 Å². The number of anilines is 2. The van der Waals surface area contributed by atoms with Crippen LogP contribution in [-0.4, -0.2) is 4.93 Å². The molecule has 4 rings (SSSR count). The van der Waals surface area contributed by atoms with Gasteiger partial charge in [-0.2, -0.15) is 0 Å². The monoisotopic (exact) mass is 358 g/mol. The minimum absolute atomic E-state index is 0.0231. The number of para-hydroxylation sites is 1. The fourth-order valence-electron chi connectivity index (χ4n) is 2.89. The van der Waals surface area contributed by atoms with Gasteiger partial charge in [-0.25, -0.2) is 0 Å². The van der Waals surface area contributed by atoms with Gasteiger partial charge in [-0.3, -0.25) is 0 Å². The summed E-state index contributed by atoms with van der Waals surface area (Å²) in [6.45, 7) is 0. The number of hydrogen-bond acceptors (Lipinski definition) is 1. The number of hydrogen-bond donors (Lipinski definition) is 0. The molecule has 0 fully saturated rings. The normalized spacial score (nSPS) is 12.8. The summed E-state index contributed by atoms with van der Waals surface area (Å²) >= 11 is -0.0231. The number of benzene rings is 3. The third-order valence-corrected chi connectivity index (χ3v) is 5.67. The molecule has 0 aliphatic carbocycles. The van der Waals surface area contributed by atoms with Crippen LogP contribution in [-0.2, 0) is 0 Å². The first kappa shape index (κ1) is 11.3. The Morgan fingerprint density at radius 3 is 2.26 bits per heavy atom. The molecule has 3 aromatic rings. The first-order chi connectivity index (χ1) is 9.40. The van der Waals surface area contributed by atoms with Crippen LogP contribution < -0.4 is 24.6 Å². The maximum absolute atomic E-state index is 2.52. The van der Waals surface area contributed by atoms with Crippen molar-refractivity contribution in [2.24, 2.45) is 0 Å². The summed E-state index contributed by atoms with van der Waals surface area (Å²) in [5.41, 5.74) is 5.48. The van der Waals surface area contributed by atoms with Crippen LogP contribution in [0.4, 0.5) is 11.4 Å². The van der Waals surface area contributed by atoms with E-state index in [4.69, 9.17) is 0 Å². The summed E-state index contributed by atoms with van der Waals surface area (Å²) in [5.74, 6) is 0. The summed E-state index contributed by atoms with van der Waals surface area (Å²) in [6.07, 6.45) is 0. The van der Waals surface area contributed by atoms with Crippen molar-refractivity contribution < 1.29 is 21.5 Å². The average molecular weight is 358 g/mol. The van der Waals surface area contributed by atoms with Crippen LogP contribution in [0, 0.1) is 0 Å². The predicted octanol–water partition coefficient (Wildman–Crippen LogP) is 1.59. The third kappa shape index (κ3) is 1.53. The fraction of sp³-hybridized carbons (Fsp3) is 0.0588. The second kappa shape index (κ2) is 4.23. The van der Waals surface area contributed by atoms with E-state index in [1.807, 2.05) is 0 Å². The number of halogens is 1. The number of fused-ring (bicyclic) bond motifs is 2. The molecule has 0 unspecified atom stereocenters. The van der Waals surface area contributed by atoms with Gasteiger partial charge in [0.2, 0.25) is 0 Å². The topological polar surface area (TPSA) is 3.24 Å². The number of alkyl halides is 1. The van der Waals surface area contributed by atoms with E-state index in [0.29, 0.717) is 0 Å². The molecule has 0 amide bonds. The first-order valence-electron chi connectivity index (χ1n) is 6.31. The van der Waals surface area contributed by atoms with Gasteiger partial charge < -0.3 is 0 Å². The molecule has 0 atom stereocenters. The molecule has 0 bridgehead atoms. The van der Waals surface area contributed by atoms with Crippen molar-refractivity contribution in [3.63, 3.8) is 0 Å². The van der Waals surface area contributed by atoms with Crippen LogP contribution in [0.5, 0.6) is 0 Å². The summed E-state index contributed by atoms with van der Waals surface area (Å²) in [4.78, 5) is 2.32. The molecule has 94 valence electrons. The molecule has 1 nitrogen and oxygen atoms in total. The predicted molar refractivity (Wildman–Crippen MR) is 77.4 cm³/mol. The third-order valence-electron chi connectivity index (χ3n) is 3.67. The van der Waals surface area contributed by atoms with Crippen molar-refractivity contribution in [1.29, 1.82) is 0 Å². The van der Waals surface area contributed by atoms with Gasteiger partial charge in [-0.15, -0.1) is 0 Å².